The molecule has 6 heteroatoms. The fraction of sp³-hybridized carbons (Fsp3) is 0.100. The molecule has 0 aliphatic carbocycles. The maximum absolute atomic E-state index is 8.90. The van der Waals surface area contributed by atoms with Gasteiger partial charge in [-0.3, -0.25) is 4.98 Å². The maximum atomic E-state index is 8.90. The van der Waals surface area contributed by atoms with Crippen molar-refractivity contribution < 1.29 is 0 Å². The fourth-order valence-corrected chi connectivity index (χ4v) is 1.36. The van der Waals surface area contributed by atoms with E-state index in [4.69, 9.17) is 10.5 Å². The summed E-state index contributed by atoms with van der Waals surface area (Å²) in [5.74, 6) is 0. The van der Waals surface area contributed by atoms with Crippen LogP contribution >= 0.6 is 0 Å². The van der Waals surface area contributed by atoms with E-state index in [0.717, 1.165) is 5.56 Å². The first-order valence-corrected chi connectivity index (χ1v) is 4.47. The van der Waals surface area contributed by atoms with Crippen molar-refractivity contribution >= 4 is 0 Å². The highest BCUT2D eigenvalue weighted by molar-refractivity contribution is 5.64. The number of hydrogen-bond acceptors (Lipinski definition) is 5. The van der Waals surface area contributed by atoms with E-state index in [1.165, 1.54) is 4.68 Å². The first kappa shape index (κ1) is 9.81. The van der Waals surface area contributed by atoms with Crippen molar-refractivity contribution in [3.05, 3.63) is 30.2 Å². The molecule has 0 N–H and O–H groups in total. The lowest BCUT2D eigenvalue weighted by Crippen LogP contribution is -2.01. The van der Waals surface area contributed by atoms with Crippen LogP contribution in [0.15, 0.2) is 24.5 Å². The fourth-order valence-electron chi connectivity index (χ4n) is 1.36. The monoisotopic (exact) mass is 210 g/mol. The Labute approximate surface area is 91.4 Å². The Bertz CT molecular complexity index is 572. The van der Waals surface area contributed by atoms with E-state index >= 15 is 0 Å². The van der Waals surface area contributed by atoms with E-state index < -0.39 is 0 Å². The highest BCUT2D eigenvalue weighted by Gasteiger charge is 2.13. The van der Waals surface area contributed by atoms with Crippen LogP contribution in [0.4, 0.5) is 0 Å². The predicted octanol–water partition coefficient (Wildman–Crippen LogP) is 0.735. The van der Waals surface area contributed by atoms with E-state index in [0.29, 0.717) is 5.69 Å². The van der Waals surface area contributed by atoms with Gasteiger partial charge in [0, 0.05) is 18.0 Å². The number of nitrogens with zero attached hydrogens (tertiary/aromatic N) is 6. The summed E-state index contributed by atoms with van der Waals surface area (Å²) in [6.07, 6.45) is 3.22. The Morgan fingerprint density at radius 3 is 2.62 bits per heavy atom. The van der Waals surface area contributed by atoms with E-state index in [1.807, 2.05) is 12.1 Å². The van der Waals surface area contributed by atoms with Gasteiger partial charge in [-0.05, 0) is 12.1 Å². The van der Waals surface area contributed by atoms with Crippen LogP contribution in [0.2, 0.25) is 0 Å². The van der Waals surface area contributed by atoms with E-state index in [2.05, 4.69) is 15.3 Å². The van der Waals surface area contributed by atoms with Crippen molar-refractivity contribution in [3.8, 4) is 23.4 Å². The van der Waals surface area contributed by atoms with Gasteiger partial charge >= 0.3 is 0 Å². The molecule has 0 fully saturated rings. The number of hydrogen-bond donors (Lipinski definition) is 0. The molecule has 2 aromatic heterocycles. The lowest BCUT2D eigenvalue weighted by atomic mass is 10.1. The second-order valence-electron chi connectivity index (χ2n) is 2.95. The number of rotatable bonds is 2. The standard InChI is InChI=1S/C10H6N6/c11-3-6-16-10(9(7-12)14-15-16)8-1-4-13-5-2-8/h1-2,4-5H,6H2. The Balaban J connectivity index is 2.59. The van der Waals surface area contributed by atoms with Crippen LogP contribution in [0.3, 0.4) is 0 Å². The van der Waals surface area contributed by atoms with Crippen LogP contribution in [0.25, 0.3) is 11.3 Å². The minimum Gasteiger partial charge on any atom is -0.265 e. The minimum absolute atomic E-state index is 0.0618. The highest BCUT2D eigenvalue weighted by atomic mass is 15.4. The summed E-state index contributed by atoms with van der Waals surface area (Å²) in [7, 11) is 0. The Kier molecular flexibility index (Phi) is 2.57. The van der Waals surface area contributed by atoms with Gasteiger partial charge in [-0.15, -0.1) is 5.10 Å². The smallest absolute Gasteiger partial charge is 0.190 e. The summed E-state index contributed by atoms with van der Waals surface area (Å²) >= 11 is 0. The Morgan fingerprint density at radius 1 is 1.25 bits per heavy atom. The molecule has 0 bridgehead atoms. The average Bonchev–Trinajstić information content (AvgIpc) is 2.74. The van der Waals surface area contributed by atoms with Crippen molar-refractivity contribution in [2.45, 2.75) is 6.54 Å². The molecule has 0 spiro atoms. The summed E-state index contributed by atoms with van der Waals surface area (Å²) in [4.78, 5) is 3.89. The molecular weight excluding hydrogens is 204 g/mol. The van der Waals surface area contributed by atoms with Gasteiger partial charge in [-0.2, -0.15) is 10.5 Å². The number of nitriles is 2. The zero-order valence-corrected chi connectivity index (χ0v) is 8.20. The van der Waals surface area contributed by atoms with Gasteiger partial charge in [0.05, 0.1) is 6.07 Å². The molecule has 0 saturated carbocycles. The molecule has 0 radical (unpaired) electrons. The molecular formula is C10H6N6. The third kappa shape index (κ3) is 1.60. The first-order chi connectivity index (χ1) is 7.86. The minimum atomic E-state index is 0.0618. The molecule has 6 nitrogen and oxygen atoms in total. The Morgan fingerprint density at radius 2 is 2.00 bits per heavy atom. The van der Waals surface area contributed by atoms with E-state index in [9.17, 15) is 0 Å². The predicted molar refractivity (Wildman–Crippen MR) is 53.6 cm³/mol. The summed E-state index contributed by atoms with van der Waals surface area (Å²) in [6.45, 7) is 0.0618. The molecule has 16 heavy (non-hydrogen) atoms. The SMILES string of the molecule is N#CCn1nnc(C#N)c1-c1ccncc1. The van der Waals surface area contributed by atoms with Gasteiger partial charge in [-0.1, -0.05) is 5.21 Å². The van der Waals surface area contributed by atoms with Gasteiger partial charge in [-0.25, -0.2) is 4.68 Å². The van der Waals surface area contributed by atoms with Crippen LogP contribution in [0, 0.1) is 22.7 Å². The van der Waals surface area contributed by atoms with Gasteiger partial charge in [0.15, 0.2) is 5.69 Å². The normalized spacial score (nSPS) is 9.38. The molecule has 2 heterocycles. The molecule has 76 valence electrons. The summed E-state index contributed by atoms with van der Waals surface area (Å²) in [5, 5.41) is 25.0. The molecule has 0 aliphatic rings. The molecule has 0 aliphatic heterocycles. The maximum Gasteiger partial charge on any atom is 0.190 e. The van der Waals surface area contributed by atoms with Crippen LogP contribution in [0.5, 0.6) is 0 Å². The average molecular weight is 210 g/mol. The highest BCUT2D eigenvalue weighted by Crippen LogP contribution is 2.20. The van der Waals surface area contributed by atoms with Crippen molar-refractivity contribution in [1.82, 2.24) is 20.0 Å². The van der Waals surface area contributed by atoms with Crippen molar-refractivity contribution in [2.75, 3.05) is 0 Å². The van der Waals surface area contributed by atoms with Crippen LogP contribution < -0.4 is 0 Å². The zero-order valence-electron chi connectivity index (χ0n) is 8.20. The van der Waals surface area contributed by atoms with Crippen LogP contribution in [0.1, 0.15) is 5.69 Å². The van der Waals surface area contributed by atoms with Crippen LogP contribution in [-0.4, -0.2) is 20.0 Å². The van der Waals surface area contributed by atoms with Gasteiger partial charge in [0.25, 0.3) is 0 Å². The molecule has 2 rings (SSSR count). The topological polar surface area (TPSA) is 91.2 Å². The van der Waals surface area contributed by atoms with Gasteiger partial charge in [0.1, 0.15) is 18.3 Å². The number of pyridine rings is 1. The summed E-state index contributed by atoms with van der Waals surface area (Å²) < 4.78 is 1.40. The third-order valence-electron chi connectivity index (χ3n) is 2.02. The van der Waals surface area contributed by atoms with Crippen molar-refractivity contribution in [1.29, 1.82) is 10.5 Å². The largest absolute Gasteiger partial charge is 0.265 e. The van der Waals surface area contributed by atoms with Gasteiger partial charge in [0.2, 0.25) is 0 Å². The lowest BCUT2D eigenvalue weighted by molar-refractivity contribution is 0.674. The van der Waals surface area contributed by atoms with E-state index in [-0.39, 0.29) is 12.2 Å². The Hall–Kier alpha value is -2.73. The first-order valence-electron chi connectivity index (χ1n) is 4.47. The van der Waals surface area contributed by atoms with E-state index in [1.54, 1.807) is 24.5 Å². The van der Waals surface area contributed by atoms with Gasteiger partial charge < -0.3 is 0 Å². The molecule has 0 aromatic carbocycles. The molecule has 0 atom stereocenters. The third-order valence-corrected chi connectivity index (χ3v) is 2.02. The second kappa shape index (κ2) is 4.20. The summed E-state index contributed by atoms with van der Waals surface area (Å²) in [6, 6.07) is 7.40. The summed E-state index contributed by atoms with van der Waals surface area (Å²) in [5.41, 5.74) is 1.53. The lowest BCUT2D eigenvalue weighted by Gasteiger charge is -2.01. The molecule has 0 saturated heterocycles. The van der Waals surface area contributed by atoms with Crippen molar-refractivity contribution in [3.63, 3.8) is 0 Å². The zero-order chi connectivity index (χ0) is 11.4. The molecule has 2 aromatic rings. The molecule has 0 unspecified atom stereocenters. The quantitative estimate of drug-likeness (QED) is 0.728. The second-order valence-corrected chi connectivity index (χ2v) is 2.95. The van der Waals surface area contributed by atoms with Crippen molar-refractivity contribution in [2.24, 2.45) is 0 Å². The van der Waals surface area contributed by atoms with Crippen LogP contribution in [-0.2, 0) is 6.54 Å². The number of aromatic nitrogens is 4. The molecule has 0 amide bonds.